The van der Waals surface area contributed by atoms with E-state index in [-0.39, 0.29) is 18.5 Å². The van der Waals surface area contributed by atoms with Crippen molar-refractivity contribution in [2.75, 3.05) is 22.6 Å². The summed E-state index contributed by atoms with van der Waals surface area (Å²) >= 11 is 0. The van der Waals surface area contributed by atoms with Crippen LogP contribution in [0.5, 0.6) is 5.75 Å². The number of hydrogen-bond donors (Lipinski definition) is 3. The van der Waals surface area contributed by atoms with Crippen LogP contribution in [0.25, 0.3) is 0 Å². The molecule has 0 aliphatic rings. The fraction of sp³-hybridized carbons (Fsp3) is 0.0909. The number of hydrogen-bond acceptors (Lipinski definition) is 3. The van der Waals surface area contributed by atoms with Gasteiger partial charge in [-0.1, -0.05) is 36.4 Å². The standard InChI is InChI=1S/C22H21N3O3/c1-16-7-5-6-10-20(16)28-15-21(26)23-18-11-13-19(14-12-18)25-22(27)24-17-8-3-2-4-9-17/h2-14H,15H2,1H3,(H,23,26)(H2,24,25,27). The number of amides is 3. The van der Waals surface area contributed by atoms with Crippen molar-refractivity contribution in [1.82, 2.24) is 0 Å². The van der Waals surface area contributed by atoms with Gasteiger partial charge in [0.25, 0.3) is 5.91 Å². The number of urea groups is 1. The van der Waals surface area contributed by atoms with E-state index in [0.717, 1.165) is 5.56 Å². The maximum absolute atomic E-state index is 12.0. The molecule has 0 aliphatic heterocycles. The summed E-state index contributed by atoms with van der Waals surface area (Å²) in [7, 11) is 0. The summed E-state index contributed by atoms with van der Waals surface area (Å²) in [4.78, 5) is 24.0. The summed E-state index contributed by atoms with van der Waals surface area (Å²) in [6.07, 6.45) is 0. The van der Waals surface area contributed by atoms with Gasteiger partial charge in [0, 0.05) is 17.1 Å². The van der Waals surface area contributed by atoms with Crippen molar-refractivity contribution in [3.05, 3.63) is 84.4 Å². The van der Waals surface area contributed by atoms with E-state index >= 15 is 0 Å². The van der Waals surface area contributed by atoms with E-state index in [1.54, 1.807) is 36.4 Å². The number of rotatable bonds is 6. The first-order valence-corrected chi connectivity index (χ1v) is 8.81. The van der Waals surface area contributed by atoms with Gasteiger partial charge in [-0.05, 0) is 55.0 Å². The average molecular weight is 375 g/mol. The SMILES string of the molecule is Cc1ccccc1OCC(=O)Nc1ccc(NC(=O)Nc2ccccc2)cc1. The fourth-order valence-electron chi connectivity index (χ4n) is 2.51. The van der Waals surface area contributed by atoms with Crippen LogP contribution >= 0.6 is 0 Å². The topological polar surface area (TPSA) is 79.5 Å². The summed E-state index contributed by atoms with van der Waals surface area (Å²) in [6, 6.07) is 23.2. The lowest BCUT2D eigenvalue weighted by molar-refractivity contribution is -0.118. The molecule has 0 saturated carbocycles. The Morgan fingerprint density at radius 3 is 1.89 bits per heavy atom. The molecule has 0 aliphatic carbocycles. The van der Waals surface area contributed by atoms with Gasteiger partial charge >= 0.3 is 6.03 Å². The van der Waals surface area contributed by atoms with Gasteiger partial charge in [-0.15, -0.1) is 0 Å². The number of anilines is 3. The van der Waals surface area contributed by atoms with E-state index in [1.807, 2.05) is 49.4 Å². The molecule has 0 spiro atoms. The molecule has 3 rings (SSSR count). The van der Waals surface area contributed by atoms with Crippen molar-refractivity contribution in [2.24, 2.45) is 0 Å². The zero-order valence-corrected chi connectivity index (χ0v) is 15.4. The minimum absolute atomic E-state index is 0.0790. The van der Waals surface area contributed by atoms with Crippen molar-refractivity contribution < 1.29 is 14.3 Å². The van der Waals surface area contributed by atoms with Crippen LogP contribution < -0.4 is 20.7 Å². The molecular formula is C22H21N3O3. The maximum atomic E-state index is 12.0. The Morgan fingerprint density at radius 1 is 0.714 bits per heavy atom. The normalized spacial score (nSPS) is 10.0. The first-order valence-electron chi connectivity index (χ1n) is 8.81. The average Bonchev–Trinajstić information content (AvgIpc) is 2.69. The van der Waals surface area contributed by atoms with Crippen LogP contribution in [-0.4, -0.2) is 18.5 Å². The van der Waals surface area contributed by atoms with Crippen molar-refractivity contribution in [1.29, 1.82) is 0 Å². The molecule has 0 saturated heterocycles. The first-order chi connectivity index (χ1) is 13.6. The third-order valence-electron chi connectivity index (χ3n) is 3.91. The van der Waals surface area contributed by atoms with Crippen LogP contribution in [0, 0.1) is 6.92 Å². The number of benzene rings is 3. The monoisotopic (exact) mass is 375 g/mol. The van der Waals surface area contributed by atoms with Crippen LogP contribution in [0.2, 0.25) is 0 Å². The summed E-state index contributed by atoms with van der Waals surface area (Å²) in [6.45, 7) is 1.84. The maximum Gasteiger partial charge on any atom is 0.323 e. The van der Waals surface area contributed by atoms with E-state index in [2.05, 4.69) is 16.0 Å². The molecule has 28 heavy (non-hydrogen) atoms. The molecule has 3 aromatic rings. The van der Waals surface area contributed by atoms with Crippen LogP contribution in [0.15, 0.2) is 78.9 Å². The number of nitrogens with one attached hydrogen (secondary N) is 3. The summed E-state index contributed by atoms with van der Waals surface area (Å²) in [5.41, 5.74) is 2.91. The second-order valence-electron chi connectivity index (χ2n) is 6.12. The van der Waals surface area contributed by atoms with Crippen molar-refractivity contribution in [3.8, 4) is 5.75 Å². The summed E-state index contributed by atoms with van der Waals surface area (Å²) in [5.74, 6) is 0.424. The van der Waals surface area contributed by atoms with Gasteiger partial charge in [0.1, 0.15) is 5.75 Å². The van der Waals surface area contributed by atoms with Gasteiger partial charge in [0.2, 0.25) is 0 Å². The van der Waals surface area contributed by atoms with E-state index in [1.165, 1.54) is 0 Å². The van der Waals surface area contributed by atoms with Crippen molar-refractivity contribution >= 4 is 29.0 Å². The molecule has 3 aromatic carbocycles. The lowest BCUT2D eigenvalue weighted by atomic mass is 10.2. The Kier molecular flexibility index (Phi) is 6.25. The summed E-state index contributed by atoms with van der Waals surface area (Å²) < 4.78 is 5.53. The highest BCUT2D eigenvalue weighted by atomic mass is 16.5. The number of para-hydroxylation sites is 2. The van der Waals surface area contributed by atoms with Gasteiger partial charge in [-0.3, -0.25) is 4.79 Å². The first kappa shape index (κ1) is 19.0. The Hall–Kier alpha value is -3.80. The van der Waals surface area contributed by atoms with Crippen LogP contribution in [0.3, 0.4) is 0 Å². The minimum atomic E-state index is -0.338. The lowest BCUT2D eigenvalue weighted by Crippen LogP contribution is -2.21. The van der Waals surface area contributed by atoms with Crippen LogP contribution in [-0.2, 0) is 4.79 Å². The predicted molar refractivity (Wildman–Crippen MR) is 111 cm³/mol. The van der Waals surface area contributed by atoms with Crippen molar-refractivity contribution in [3.63, 3.8) is 0 Å². The molecule has 0 fully saturated rings. The smallest absolute Gasteiger partial charge is 0.323 e. The Balaban J connectivity index is 1.48. The van der Waals surface area contributed by atoms with E-state index in [4.69, 9.17) is 4.74 Å². The molecule has 142 valence electrons. The zero-order valence-electron chi connectivity index (χ0n) is 15.4. The number of aryl methyl sites for hydroxylation is 1. The molecule has 0 bridgehead atoms. The lowest BCUT2D eigenvalue weighted by Gasteiger charge is -2.10. The molecule has 3 amide bonds. The van der Waals surface area contributed by atoms with Crippen LogP contribution in [0.4, 0.5) is 21.9 Å². The van der Waals surface area contributed by atoms with E-state index in [0.29, 0.717) is 22.8 Å². The molecule has 3 N–H and O–H groups in total. The molecule has 6 heteroatoms. The van der Waals surface area contributed by atoms with Gasteiger partial charge in [-0.25, -0.2) is 4.79 Å². The molecule has 6 nitrogen and oxygen atoms in total. The van der Waals surface area contributed by atoms with Crippen LogP contribution in [0.1, 0.15) is 5.56 Å². The Labute approximate surface area is 163 Å². The zero-order chi connectivity index (χ0) is 19.8. The Bertz CT molecular complexity index is 941. The molecule has 0 heterocycles. The van der Waals surface area contributed by atoms with E-state index < -0.39 is 0 Å². The molecule has 0 radical (unpaired) electrons. The largest absolute Gasteiger partial charge is 0.483 e. The van der Waals surface area contributed by atoms with Crippen molar-refractivity contribution in [2.45, 2.75) is 6.92 Å². The van der Waals surface area contributed by atoms with Gasteiger partial charge in [0.05, 0.1) is 0 Å². The highest BCUT2D eigenvalue weighted by Gasteiger charge is 2.06. The second-order valence-corrected chi connectivity index (χ2v) is 6.12. The number of ether oxygens (including phenoxy) is 1. The second kappa shape index (κ2) is 9.23. The third kappa shape index (κ3) is 5.60. The molecule has 0 aromatic heterocycles. The minimum Gasteiger partial charge on any atom is -0.483 e. The van der Waals surface area contributed by atoms with Gasteiger partial charge in [0.15, 0.2) is 6.61 Å². The Morgan fingerprint density at radius 2 is 1.25 bits per heavy atom. The van der Waals surface area contributed by atoms with Gasteiger partial charge in [-0.2, -0.15) is 0 Å². The van der Waals surface area contributed by atoms with E-state index in [9.17, 15) is 9.59 Å². The number of carbonyl (C=O) groups is 2. The highest BCUT2D eigenvalue weighted by molar-refractivity contribution is 6.00. The third-order valence-corrected chi connectivity index (χ3v) is 3.91. The molecule has 0 atom stereocenters. The van der Waals surface area contributed by atoms with Gasteiger partial charge < -0.3 is 20.7 Å². The quantitative estimate of drug-likeness (QED) is 0.586. The predicted octanol–water partition coefficient (Wildman–Crippen LogP) is 4.66. The summed E-state index contributed by atoms with van der Waals surface area (Å²) in [5, 5.41) is 8.23. The molecule has 0 unspecified atom stereocenters. The fourth-order valence-corrected chi connectivity index (χ4v) is 2.51. The highest BCUT2D eigenvalue weighted by Crippen LogP contribution is 2.17. The molecular weight excluding hydrogens is 354 g/mol. The number of carbonyl (C=O) groups excluding carboxylic acids is 2.